The van der Waals surface area contributed by atoms with Crippen molar-refractivity contribution >= 4 is 11.7 Å². The average Bonchev–Trinajstić information content (AvgIpc) is 2.55. The molecule has 1 saturated heterocycles. The highest BCUT2D eigenvalue weighted by Crippen LogP contribution is 2.36. The Morgan fingerprint density at radius 3 is 2.74 bits per heavy atom. The van der Waals surface area contributed by atoms with Gasteiger partial charge in [-0.25, -0.2) is 9.37 Å². The lowest BCUT2D eigenvalue weighted by atomic mass is 9.73. The molecule has 1 aliphatic rings. The highest BCUT2D eigenvalue weighted by Gasteiger charge is 2.42. The fraction of sp³-hybridized carbons (Fsp3) is 0.333. The monoisotopic (exact) mass is 314 g/mol. The van der Waals surface area contributed by atoms with Crippen molar-refractivity contribution in [1.82, 2.24) is 4.98 Å². The maximum Gasteiger partial charge on any atom is 0.236 e. The number of nitrogens with zero attached hydrogens (tertiary/aromatic N) is 1. The molecule has 120 valence electrons. The molecule has 0 atom stereocenters. The van der Waals surface area contributed by atoms with Crippen LogP contribution >= 0.6 is 0 Å². The summed E-state index contributed by atoms with van der Waals surface area (Å²) in [5.74, 6) is 0.0108. The number of hydrogen-bond acceptors (Lipinski definition) is 3. The van der Waals surface area contributed by atoms with Gasteiger partial charge in [0.2, 0.25) is 5.91 Å². The van der Waals surface area contributed by atoms with Crippen molar-refractivity contribution in [1.29, 1.82) is 0 Å². The van der Waals surface area contributed by atoms with Crippen molar-refractivity contribution in [2.24, 2.45) is 0 Å². The quantitative estimate of drug-likeness (QED) is 0.946. The third-order valence-corrected chi connectivity index (χ3v) is 4.32. The Bertz CT molecular complexity index is 712. The van der Waals surface area contributed by atoms with Gasteiger partial charge >= 0.3 is 0 Å². The van der Waals surface area contributed by atoms with Crippen LogP contribution in [-0.4, -0.2) is 24.1 Å². The number of rotatable bonds is 3. The first-order valence-corrected chi connectivity index (χ1v) is 7.68. The van der Waals surface area contributed by atoms with Crippen molar-refractivity contribution in [2.75, 3.05) is 18.5 Å². The first kappa shape index (κ1) is 15.6. The molecular weight excluding hydrogens is 295 g/mol. The Hall–Kier alpha value is -2.27. The van der Waals surface area contributed by atoms with Gasteiger partial charge in [0.1, 0.15) is 11.6 Å². The van der Waals surface area contributed by atoms with Crippen LogP contribution in [-0.2, 0) is 14.9 Å². The molecule has 0 radical (unpaired) electrons. The van der Waals surface area contributed by atoms with Gasteiger partial charge in [-0.15, -0.1) is 0 Å². The van der Waals surface area contributed by atoms with Crippen molar-refractivity contribution < 1.29 is 13.9 Å². The van der Waals surface area contributed by atoms with E-state index in [1.807, 2.05) is 19.1 Å². The van der Waals surface area contributed by atoms with Gasteiger partial charge in [-0.3, -0.25) is 4.79 Å². The summed E-state index contributed by atoms with van der Waals surface area (Å²) in [6.45, 7) is 2.89. The van der Waals surface area contributed by atoms with Crippen LogP contribution in [0.4, 0.5) is 10.2 Å². The second-order valence-electron chi connectivity index (χ2n) is 5.88. The second kappa shape index (κ2) is 6.46. The molecule has 1 aromatic carbocycles. The number of carbonyl (C=O) groups is 1. The van der Waals surface area contributed by atoms with Gasteiger partial charge in [-0.05, 0) is 55.2 Å². The van der Waals surface area contributed by atoms with E-state index in [1.165, 1.54) is 12.1 Å². The minimum atomic E-state index is -0.786. The maximum atomic E-state index is 13.7. The third kappa shape index (κ3) is 3.24. The summed E-state index contributed by atoms with van der Waals surface area (Å²) < 4.78 is 19.1. The van der Waals surface area contributed by atoms with E-state index in [4.69, 9.17) is 4.74 Å². The van der Waals surface area contributed by atoms with Crippen LogP contribution in [0.15, 0.2) is 42.6 Å². The Morgan fingerprint density at radius 1 is 1.26 bits per heavy atom. The summed E-state index contributed by atoms with van der Waals surface area (Å²) in [6.07, 6.45) is 2.70. The molecule has 5 heteroatoms. The first-order valence-electron chi connectivity index (χ1n) is 7.68. The van der Waals surface area contributed by atoms with E-state index >= 15 is 0 Å². The number of carbonyl (C=O) groups excluding carboxylic acids is 1. The van der Waals surface area contributed by atoms with Crippen LogP contribution in [0.1, 0.15) is 24.0 Å². The summed E-state index contributed by atoms with van der Waals surface area (Å²) >= 11 is 0. The number of ether oxygens (including phenoxy) is 1. The molecular formula is C18H19FN2O2. The minimum absolute atomic E-state index is 0.162. The molecule has 4 nitrogen and oxygen atoms in total. The lowest BCUT2D eigenvalue weighted by Gasteiger charge is -2.36. The molecule has 23 heavy (non-hydrogen) atoms. The molecule has 2 heterocycles. The zero-order valence-corrected chi connectivity index (χ0v) is 13.0. The molecule has 0 aliphatic carbocycles. The van der Waals surface area contributed by atoms with Crippen molar-refractivity contribution in [3.05, 3.63) is 59.5 Å². The molecule has 2 aromatic rings. The van der Waals surface area contributed by atoms with Crippen molar-refractivity contribution in [2.45, 2.75) is 25.2 Å². The summed E-state index contributed by atoms with van der Waals surface area (Å²) in [5, 5.41) is 2.88. The number of anilines is 1. The number of pyridine rings is 1. The van der Waals surface area contributed by atoms with Gasteiger partial charge in [-0.2, -0.15) is 0 Å². The van der Waals surface area contributed by atoms with Crippen LogP contribution in [0.5, 0.6) is 0 Å². The Morgan fingerprint density at radius 2 is 2.04 bits per heavy atom. The predicted octanol–water partition coefficient (Wildman–Crippen LogP) is 3.22. The summed E-state index contributed by atoms with van der Waals surface area (Å²) in [7, 11) is 0. The van der Waals surface area contributed by atoms with E-state index < -0.39 is 5.41 Å². The van der Waals surface area contributed by atoms with Crippen molar-refractivity contribution in [3.63, 3.8) is 0 Å². The van der Waals surface area contributed by atoms with E-state index in [1.54, 1.807) is 18.3 Å². The minimum Gasteiger partial charge on any atom is -0.381 e. The molecule has 0 spiro atoms. The van der Waals surface area contributed by atoms with Crippen molar-refractivity contribution in [3.8, 4) is 0 Å². The lowest BCUT2D eigenvalue weighted by Crippen LogP contribution is -2.45. The van der Waals surface area contributed by atoms with Crippen LogP contribution in [0, 0.1) is 12.7 Å². The SMILES string of the molecule is Cc1ccnc(NC(=O)C2(c3cccc(F)c3)CCOCC2)c1. The molecule has 0 bridgehead atoms. The van der Waals surface area contributed by atoms with Gasteiger partial charge in [0, 0.05) is 19.4 Å². The summed E-state index contributed by atoms with van der Waals surface area (Å²) in [4.78, 5) is 17.2. The number of benzene rings is 1. The van der Waals surface area contributed by atoms with E-state index in [9.17, 15) is 9.18 Å². The van der Waals surface area contributed by atoms with Gasteiger partial charge in [0.25, 0.3) is 0 Å². The Balaban J connectivity index is 1.94. The van der Waals surface area contributed by atoms with Crippen LogP contribution in [0.3, 0.4) is 0 Å². The second-order valence-corrected chi connectivity index (χ2v) is 5.88. The topological polar surface area (TPSA) is 51.2 Å². The largest absolute Gasteiger partial charge is 0.381 e. The fourth-order valence-electron chi connectivity index (χ4n) is 2.99. The first-order chi connectivity index (χ1) is 11.1. The number of aryl methyl sites for hydroxylation is 1. The molecule has 1 aliphatic heterocycles. The number of amides is 1. The Labute approximate surface area is 134 Å². The van der Waals surface area contributed by atoms with Crippen LogP contribution < -0.4 is 5.32 Å². The molecule has 1 amide bonds. The molecule has 0 unspecified atom stereocenters. The van der Waals surface area contributed by atoms with Gasteiger partial charge in [0.05, 0.1) is 5.41 Å². The fourth-order valence-corrected chi connectivity index (χ4v) is 2.99. The third-order valence-electron chi connectivity index (χ3n) is 4.32. The number of aromatic nitrogens is 1. The number of hydrogen-bond donors (Lipinski definition) is 1. The number of nitrogens with one attached hydrogen (secondary N) is 1. The molecule has 0 saturated carbocycles. The van der Waals surface area contributed by atoms with E-state index in [2.05, 4.69) is 10.3 Å². The highest BCUT2D eigenvalue weighted by atomic mass is 19.1. The van der Waals surface area contributed by atoms with Gasteiger partial charge < -0.3 is 10.1 Å². The van der Waals surface area contributed by atoms with Crippen LogP contribution in [0.25, 0.3) is 0 Å². The lowest BCUT2D eigenvalue weighted by molar-refractivity contribution is -0.125. The van der Waals surface area contributed by atoms with Gasteiger partial charge in [0.15, 0.2) is 0 Å². The zero-order chi connectivity index (χ0) is 16.3. The Kier molecular flexibility index (Phi) is 4.39. The van der Waals surface area contributed by atoms with E-state index in [0.717, 1.165) is 5.56 Å². The van der Waals surface area contributed by atoms with Gasteiger partial charge in [-0.1, -0.05) is 12.1 Å². The maximum absolute atomic E-state index is 13.7. The highest BCUT2D eigenvalue weighted by molar-refractivity contribution is 5.98. The number of halogens is 1. The molecule has 1 N–H and O–H groups in total. The van der Waals surface area contributed by atoms with E-state index in [-0.39, 0.29) is 11.7 Å². The van der Waals surface area contributed by atoms with Crippen LogP contribution in [0.2, 0.25) is 0 Å². The summed E-state index contributed by atoms with van der Waals surface area (Å²) in [5.41, 5.74) is 0.916. The molecule has 1 aromatic heterocycles. The average molecular weight is 314 g/mol. The normalized spacial score (nSPS) is 16.8. The predicted molar refractivity (Wildman–Crippen MR) is 85.7 cm³/mol. The molecule has 1 fully saturated rings. The standard InChI is InChI=1S/C18H19FN2O2/c1-13-5-8-20-16(11-13)21-17(22)18(6-9-23-10-7-18)14-3-2-4-15(19)12-14/h2-5,8,11-12H,6-7,9-10H2,1H3,(H,20,21,22). The van der Waals surface area contributed by atoms with E-state index in [0.29, 0.717) is 37.4 Å². The smallest absolute Gasteiger partial charge is 0.236 e. The summed E-state index contributed by atoms with van der Waals surface area (Å²) in [6, 6.07) is 9.95. The zero-order valence-electron chi connectivity index (χ0n) is 13.0. The molecule has 3 rings (SSSR count).